The number of benzene rings is 1. The minimum atomic E-state index is -0.355. The molecular weight excluding hydrogens is 164 g/mol. The summed E-state index contributed by atoms with van der Waals surface area (Å²) in [5.74, 6) is -0.355. The molecule has 3 N–H and O–H groups in total. The highest BCUT2D eigenvalue weighted by molar-refractivity contribution is 5.99. The van der Waals surface area contributed by atoms with Gasteiger partial charge in [0.25, 0.3) is 5.91 Å². The van der Waals surface area contributed by atoms with Crippen LogP contribution in [0.15, 0.2) is 18.2 Å². The maximum absolute atomic E-state index is 11.1. The standard InChI is InChI=1S/C10H12N2O/c11-10(13)8-5-1-3-7-4-2-6-12-9(7)8/h1,3,5,12H,2,4,6H2,(H2,11,13). The summed E-state index contributed by atoms with van der Waals surface area (Å²) in [5, 5.41) is 3.21. The van der Waals surface area contributed by atoms with Crippen LogP contribution in [0, 0.1) is 0 Å². The molecule has 13 heavy (non-hydrogen) atoms. The molecule has 0 bridgehead atoms. The molecule has 0 radical (unpaired) electrons. The third-order valence-electron chi connectivity index (χ3n) is 2.34. The molecule has 3 heteroatoms. The van der Waals surface area contributed by atoms with E-state index in [-0.39, 0.29) is 5.91 Å². The second-order valence-corrected chi connectivity index (χ2v) is 3.23. The van der Waals surface area contributed by atoms with Crippen molar-refractivity contribution in [1.82, 2.24) is 0 Å². The van der Waals surface area contributed by atoms with E-state index < -0.39 is 0 Å². The average Bonchev–Trinajstić information content (AvgIpc) is 2.17. The topological polar surface area (TPSA) is 55.1 Å². The van der Waals surface area contributed by atoms with E-state index in [2.05, 4.69) is 5.32 Å². The van der Waals surface area contributed by atoms with Crippen molar-refractivity contribution in [2.75, 3.05) is 11.9 Å². The molecule has 0 unspecified atom stereocenters. The second-order valence-electron chi connectivity index (χ2n) is 3.23. The molecule has 0 spiro atoms. The molecule has 3 nitrogen and oxygen atoms in total. The van der Waals surface area contributed by atoms with E-state index in [9.17, 15) is 4.79 Å². The number of hydrogen-bond acceptors (Lipinski definition) is 2. The number of hydrogen-bond donors (Lipinski definition) is 2. The summed E-state index contributed by atoms with van der Waals surface area (Å²) in [6.45, 7) is 0.928. The van der Waals surface area contributed by atoms with Gasteiger partial charge < -0.3 is 11.1 Å². The molecule has 1 aliphatic rings. The number of primary amides is 1. The molecular formula is C10H12N2O. The Hall–Kier alpha value is -1.51. The summed E-state index contributed by atoms with van der Waals surface area (Å²) in [6, 6.07) is 5.68. The van der Waals surface area contributed by atoms with Gasteiger partial charge in [-0.3, -0.25) is 4.79 Å². The molecule has 0 atom stereocenters. The van der Waals surface area contributed by atoms with Crippen LogP contribution in [0.1, 0.15) is 22.3 Å². The van der Waals surface area contributed by atoms with Crippen molar-refractivity contribution < 1.29 is 4.79 Å². The van der Waals surface area contributed by atoms with Crippen molar-refractivity contribution in [2.45, 2.75) is 12.8 Å². The zero-order valence-electron chi connectivity index (χ0n) is 7.34. The first kappa shape index (κ1) is 8.10. The number of rotatable bonds is 1. The fraction of sp³-hybridized carbons (Fsp3) is 0.300. The van der Waals surface area contributed by atoms with Gasteiger partial charge in [-0.1, -0.05) is 12.1 Å². The van der Waals surface area contributed by atoms with Crippen LogP contribution in [0.25, 0.3) is 0 Å². The van der Waals surface area contributed by atoms with E-state index in [1.165, 1.54) is 5.56 Å². The summed E-state index contributed by atoms with van der Waals surface area (Å²) >= 11 is 0. The van der Waals surface area contributed by atoms with Crippen LogP contribution in [0.5, 0.6) is 0 Å². The van der Waals surface area contributed by atoms with Crippen LogP contribution in [0.2, 0.25) is 0 Å². The van der Waals surface area contributed by atoms with Crippen LogP contribution >= 0.6 is 0 Å². The third kappa shape index (κ3) is 1.37. The smallest absolute Gasteiger partial charge is 0.250 e. The summed E-state index contributed by atoms with van der Waals surface area (Å²) in [5.41, 5.74) is 8.00. The van der Waals surface area contributed by atoms with E-state index in [0.29, 0.717) is 5.56 Å². The minimum absolute atomic E-state index is 0.355. The van der Waals surface area contributed by atoms with Gasteiger partial charge in [-0.25, -0.2) is 0 Å². The summed E-state index contributed by atoms with van der Waals surface area (Å²) < 4.78 is 0. The van der Waals surface area contributed by atoms with Crippen molar-refractivity contribution in [1.29, 1.82) is 0 Å². The Morgan fingerprint density at radius 1 is 1.46 bits per heavy atom. The maximum Gasteiger partial charge on any atom is 0.250 e. The molecule has 0 saturated carbocycles. The SMILES string of the molecule is NC(=O)c1cccc2c1NCCC2. The van der Waals surface area contributed by atoms with Gasteiger partial charge in [0.05, 0.1) is 11.3 Å². The summed E-state index contributed by atoms with van der Waals surface area (Å²) in [7, 11) is 0. The van der Waals surface area contributed by atoms with E-state index >= 15 is 0 Å². The zero-order chi connectivity index (χ0) is 9.26. The van der Waals surface area contributed by atoms with Gasteiger partial charge >= 0.3 is 0 Å². The molecule has 2 rings (SSSR count). The lowest BCUT2D eigenvalue weighted by molar-refractivity contribution is 0.100. The Kier molecular flexibility index (Phi) is 1.93. The van der Waals surface area contributed by atoms with Crippen LogP contribution in [0.4, 0.5) is 5.69 Å². The summed E-state index contributed by atoms with van der Waals surface area (Å²) in [4.78, 5) is 11.1. The number of nitrogens with two attached hydrogens (primary N) is 1. The number of carbonyl (C=O) groups excluding carboxylic acids is 1. The lowest BCUT2D eigenvalue weighted by Gasteiger charge is -2.19. The van der Waals surface area contributed by atoms with Crippen LogP contribution in [-0.4, -0.2) is 12.5 Å². The molecule has 1 aromatic rings. The van der Waals surface area contributed by atoms with E-state index in [4.69, 9.17) is 5.73 Å². The van der Waals surface area contributed by atoms with Gasteiger partial charge in [0.15, 0.2) is 0 Å². The van der Waals surface area contributed by atoms with Crippen molar-refractivity contribution in [2.24, 2.45) is 5.73 Å². The van der Waals surface area contributed by atoms with Gasteiger partial charge in [0, 0.05) is 6.54 Å². The molecule has 1 amide bonds. The van der Waals surface area contributed by atoms with Crippen molar-refractivity contribution >= 4 is 11.6 Å². The first-order chi connectivity index (χ1) is 6.29. The Labute approximate surface area is 76.9 Å². The lowest BCUT2D eigenvalue weighted by atomic mass is 9.99. The van der Waals surface area contributed by atoms with Crippen molar-refractivity contribution in [3.8, 4) is 0 Å². The molecule has 68 valence electrons. The van der Waals surface area contributed by atoms with E-state index in [0.717, 1.165) is 25.1 Å². The number of fused-ring (bicyclic) bond motifs is 1. The molecule has 0 saturated heterocycles. The quantitative estimate of drug-likeness (QED) is 0.674. The predicted molar refractivity (Wildman–Crippen MR) is 51.8 cm³/mol. The first-order valence-electron chi connectivity index (χ1n) is 4.44. The number of para-hydroxylation sites is 1. The Morgan fingerprint density at radius 2 is 2.31 bits per heavy atom. The number of carbonyl (C=O) groups is 1. The van der Waals surface area contributed by atoms with Crippen LogP contribution < -0.4 is 11.1 Å². The van der Waals surface area contributed by atoms with Gasteiger partial charge in [-0.15, -0.1) is 0 Å². The zero-order valence-corrected chi connectivity index (χ0v) is 7.34. The normalized spacial score (nSPS) is 14.5. The highest BCUT2D eigenvalue weighted by Crippen LogP contribution is 2.25. The van der Waals surface area contributed by atoms with Crippen molar-refractivity contribution in [3.05, 3.63) is 29.3 Å². The first-order valence-corrected chi connectivity index (χ1v) is 4.44. The van der Waals surface area contributed by atoms with Gasteiger partial charge in [-0.2, -0.15) is 0 Å². The fourth-order valence-electron chi connectivity index (χ4n) is 1.71. The number of nitrogens with one attached hydrogen (secondary N) is 1. The van der Waals surface area contributed by atoms with Crippen LogP contribution in [0.3, 0.4) is 0 Å². The fourth-order valence-corrected chi connectivity index (χ4v) is 1.71. The minimum Gasteiger partial charge on any atom is -0.384 e. The Morgan fingerprint density at radius 3 is 3.08 bits per heavy atom. The lowest BCUT2D eigenvalue weighted by Crippen LogP contribution is -2.19. The number of anilines is 1. The highest BCUT2D eigenvalue weighted by atomic mass is 16.1. The molecule has 1 aliphatic heterocycles. The Balaban J connectivity index is 2.52. The molecule has 1 aromatic carbocycles. The summed E-state index contributed by atoms with van der Waals surface area (Å²) in [6.07, 6.45) is 2.15. The maximum atomic E-state index is 11.1. The van der Waals surface area contributed by atoms with Gasteiger partial charge in [0.1, 0.15) is 0 Å². The second kappa shape index (κ2) is 3.09. The molecule has 0 aliphatic carbocycles. The van der Waals surface area contributed by atoms with Crippen molar-refractivity contribution in [3.63, 3.8) is 0 Å². The monoisotopic (exact) mass is 176 g/mol. The van der Waals surface area contributed by atoms with E-state index in [1.54, 1.807) is 6.07 Å². The number of amides is 1. The molecule has 0 fully saturated rings. The average molecular weight is 176 g/mol. The Bertz CT molecular complexity index is 347. The largest absolute Gasteiger partial charge is 0.384 e. The van der Waals surface area contributed by atoms with Crippen LogP contribution in [-0.2, 0) is 6.42 Å². The number of aryl methyl sites for hydroxylation is 1. The van der Waals surface area contributed by atoms with Gasteiger partial charge in [0.2, 0.25) is 0 Å². The third-order valence-corrected chi connectivity index (χ3v) is 2.34. The predicted octanol–water partition coefficient (Wildman–Crippen LogP) is 1.14. The highest BCUT2D eigenvalue weighted by Gasteiger charge is 2.14. The van der Waals surface area contributed by atoms with Gasteiger partial charge in [-0.05, 0) is 24.5 Å². The van der Waals surface area contributed by atoms with E-state index in [1.807, 2.05) is 12.1 Å². The molecule has 0 aromatic heterocycles. The molecule has 1 heterocycles.